The van der Waals surface area contributed by atoms with Crippen LogP contribution in [0.15, 0.2) is 48.6 Å². The Bertz CT molecular complexity index is 1960. The molecule has 1 spiro atoms. The largest absolute Gasteiger partial charge is 0.490 e. The highest BCUT2D eigenvalue weighted by Crippen LogP contribution is 2.53. The molecule has 2 amide bonds. The molecule has 56 heavy (non-hydrogen) atoms. The molecule has 0 aromatic heterocycles. The summed E-state index contributed by atoms with van der Waals surface area (Å²) in [6, 6.07) is 11.0. The van der Waals surface area contributed by atoms with E-state index in [1.54, 1.807) is 25.2 Å². The zero-order chi connectivity index (χ0) is 40.0. The molecule has 2 fully saturated rings. The first kappa shape index (κ1) is 40.9. The number of ether oxygens (including phenoxy) is 2. The summed E-state index contributed by atoms with van der Waals surface area (Å²) in [5, 5.41) is 13.0. The molecule has 2 bridgehead atoms. The first-order chi connectivity index (χ1) is 26.5. The second-order valence-corrected chi connectivity index (χ2v) is 19.4. The van der Waals surface area contributed by atoms with Gasteiger partial charge in [0.05, 0.1) is 31.4 Å². The van der Waals surface area contributed by atoms with Gasteiger partial charge in [0.2, 0.25) is 5.91 Å². The predicted molar refractivity (Wildman–Crippen MR) is 213 cm³/mol. The summed E-state index contributed by atoms with van der Waals surface area (Å²) in [5.41, 5.74) is -0.0569. The molecule has 1 saturated heterocycles. The monoisotopic (exact) mass is 815 g/mol. The van der Waals surface area contributed by atoms with Gasteiger partial charge in [-0.15, -0.1) is 0 Å². The molecule has 5 atom stereocenters. The number of benzene rings is 2. The van der Waals surface area contributed by atoms with Gasteiger partial charge in [-0.3, -0.25) is 14.5 Å². The summed E-state index contributed by atoms with van der Waals surface area (Å²) in [4.78, 5) is 33.6. The molecule has 306 valence electrons. The second-order valence-electron chi connectivity index (χ2n) is 17.0. The van der Waals surface area contributed by atoms with Crippen molar-refractivity contribution in [2.45, 2.75) is 75.2 Å². The Morgan fingerprint density at radius 3 is 2.66 bits per heavy atom. The molecule has 3 heterocycles. The maximum atomic E-state index is 14.0. The first-order valence-corrected chi connectivity index (χ1v) is 21.5. The van der Waals surface area contributed by atoms with Crippen LogP contribution in [0.4, 0.5) is 10.1 Å². The lowest BCUT2D eigenvalue weighted by Crippen LogP contribution is -2.55. The van der Waals surface area contributed by atoms with E-state index in [2.05, 4.69) is 28.9 Å². The maximum absolute atomic E-state index is 14.0. The number of amides is 2. The number of fused-ring (bicyclic) bond motifs is 4. The first-order valence-electron chi connectivity index (χ1n) is 19.7. The molecule has 2 N–H and O–H groups in total. The molecule has 3 aliphatic heterocycles. The summed E-state index contributed by atoms with van der Waals surface area (Å²) < 4.78 is 55.5. The summed E-state index contributed by atoms with van der Waals surface area (Å²) >= 11 is 6.49. The van der Waals surface area contributed by atoms with E-state index in [-0.39, 0.29) is 23.0 Å². The topological polar surface area (TPSA) is 132 Å². The Hall–Kier alpha value is -3.27. The number of carbonyl (C=O) groups excluding carboxylic acids is 2. The van der Waals surface area contributed by atoms with Gasteiger partial charge in [-0.1, -0.05) is 42.8 Å². The van der Waals surface area contributed by atoms with Crippen LogP contribution in [-0.2, 0) is 42.0 Å². The number of hydrogen-bond donors (Lipinski definition) is 2. The number of aryl methyl sites for hydroxylation is 1. The van der Waals surface area contributed by atoms with Crippen LogP contribution in [0.1, 0.15) is 62.1 Å². The van der Waals surface area contributed by atoms with E-state index in [4.69, 9.17) is 21.1 Å². The number of anilines is 1. The molecule has 1 unspecified atom stereocenters. The smallest absolute Gasteiger partial charge is 0.303 e. The van der Waals surface area contributed by atoms with E-state index < -0.39 is 45.6 Å². The Labute approximate surface area is 335 Å². The number of likely N-dealkylation sites (tertiary alicyclic amines) is 1. The standard InChI is InChI=1S/C41H55ClFN5O7S/c1-39-16-14-33(39)35(54-19-18-47-23-31(43)24-47)9-5-6-17-46(4)37(49)22-41(51,38(50)44-56(52,53)45(2)3)29-10-13-36-34(21-29)48(25-39)26-40(27-55-36)15-7-8-28-20-30(42)11-12-32(28)40/h5,9-13,20-21,31,33,35,51H,6-8,14-19,22-27H2,1-4H3,(H,44,50)/b9-5+/t33-,35-,39?,40-,41+/m0/s1. The fourth-order valence-electron chi connectivity index (χ4n) is 9.24. The number of alkyl halides is 1. The average Bonchev–Trinajstić information content (AvgIpc) is 3.27. The minimum Gasteiger partial charge on any atom is -0.490 e. The van der Waals surface area contributed by atoms with Crippen molar-refractivity contribution < 1.29 is 37.0 Å². The second kappa shape index (κ2) is 15.8. The van der Waals surface area contributed by atoms with Crippen LogP contribution in [0.2, 0.25) is 5.02 Å². The fourth-order valence-corrected chi connectivity index (χ4v) is 10.0. The van der Waals surface area contributed by atoms with E-state index in [1.807, 2.05) is 22.9 Å². The molecule has 1 saturated carbocycles. The lowest BCUT2D eigenvalue weighted by Gasteiger charge is -2.53. The summed E-state index contributed by atoms with van der Waals surface area (Å²) in [6.07, 6.45) is 7.56. The summed E-state index contributed by atoms with van der Waals surface area (Å²) in [5.74, 6) is -1.05. The van der Waals surface area contributed by atoms with Crippen molar-refractivity contribution in [1.82, 2.24) is 18.8 Å². The molecule has 15 heteroatoms. The maximum Gasteiger partial charge on any atom is 0.303 e. The van der Waals surface area contributed by atoms with Gasteiger partial charge in [-0.25, -0.2) is 9.11 Å². The summed E-state index contributed by atoms with van der Waals surface area (Å²) in [6.45, 7) is 6.15. The lowest BCUT2D eigenvalue weighted by atomic mass is 9.58. The highest BCUT2D eigenvalue weighted by molar-refractivity contribution is 7.87. The van der Waals surface area contributed by atoms with Gasteiger partial charge in [0.15, 0.2) is 5.60 Å². The quantitative estimate of drug-likeness (QED) is 0.396. The van der Waals surface area contributed by atoms with Crippen molar-refractivity contribution in [1.29, 1.82) is 0 Å². The summed E-state index contributed by atoms with van der Waals surface area (Å²) in [7, 11) is -0.179. The van der Waals surface area contributed by atoms with Crippen LogP contribution in [0.3, 0.4) is 0 Å². The fraction of sp³-hybridized carbons (Fsp3) is 0.610. The molecular weight excluding hydrogens is 761 g/mol. The van der Waals surface area contributed by atoms with E-state index in [1.165, 1.54) is 30.1 Å². The van der Waals surface area contributed by atoms with Crippen LogP contribution >= 0.6 is 11.6 Å². The molecule has 2 aliphatic carbocycles. The molecule has 2 aromatic rings. The molecule has 7 rings (SSSR count). The van der Waals surface area contributed by atoms with Crippen LogP contribution in [-0.4, -0.2) is 125 Å². The van der Waals surface area contributed by atoms with Crippen molar-refractivity contribution in [3.63, 3.8) is 0 Å². The van der Waals surface area contributed by atoms with Gasteiger partial charge >= 0.3 is 10.2 Å². The Balaban J connectivity index is 1.31. The van der Waals surface area contributed by atoms with Gasteiger partial charge in [0.1, 0.15) is 11.9 Å². The SMILES string of the molecule is CN1CC/C=C/[C@H](OCCN2CC(F)C2)[C@@H]2CCC2(C)CN2C[C@@]3(CCCc4cc(Cl)ccc43)COc3ccc(cc32)[C@@](O)(C(=O)NS(=O)(=O)N(C)C)CC1=O. The van der Waals surface area contributed by atoms with Gasteiger partial charge in [-0.05, 0) is 90.8 Å². The zero-order valence-electron chi connectivity index (χ0n) is 32.8. The Morgan fingerprint density at radius 1 is 1.16 bits per heavy atom. The number of halogens is 2. The van der Waals surface area contributed by atoms with E-state index in [0.717, 1.165) is 36.4 Å². The normalized spacial score (nSPS) is 30.8. The third-order valence-corrected chi connectivity index (χ3v) is 14.5. The van der Waals surface area contributed by atoms with E-state index in [9.17, 15) is 27.5 Å². The number of aliphatic hydroxyl groups is 1. The highest BCUT2D eigenvalue weighted by atomic mass is 35.5. The molecule has 5 aliphatic rings. The number of nitrogens with zero attached hydrogens (tertiary/aromatic N) is 4. The van der Waals surface area contributed by atoms with Crippen LogP contribution in [0.5, 0.6) is 5.75 Å². The number of hydrogen-bond acceptors (Lipinski definition) is 9. The third kappa shape index (κ3) is 8.06. The molecule has 0 radical (unpaired) electrons. The highest BCUT2D eigenvalue weighted by Gasteiger charge is 2.51. The minimum atomic E-state index is -4.31. The molecule has 2 aromatic carbocycles. The van der Waals surface area contributed by atoms with E-state index in [0.29, 0.717) is 75.4 Å². The number of rotatable bonds is 7. The predicted octanol–water partition coefficient (Wildman–Crippen LogP) is 4.19. The minimum absolute atomic E-state index is 0.0786. The molecular formula is C41H55ClFN5O7S. The van der Waals surface area contributed by atoms with Crippen LogP contribution in [0, 0.1) is 11.3 Å². The van der Waals surface area contributed by atoms with Crippen molar-refractivity contribution in [2.24, 2.45) is 11.3 Å². The molecule has 12 nitrogen and oxygen atoms in total. The van der Waals surface area contributed by atoms with Gasteiger partial charge in [0.25, 0.3) is 5.91 Å². The number of nitrogens with one attached hydrogen (secondary N) is 1. The van der Waals surface area contributed by atoms with Crippen molar-refractivity contribution in [3.8, 4) is 5.75 Å². The van der Waals surface area contributed by atoms with Gasteiger partial charge < -0.3 is 24.4 Å². The Kier molecular flexibility index (Phi) is 11.6. The Morgan fingerprint density at radius 2 is 1.95 bits per heavy atom. The van der Waals surface area contributed by atoms with E-state index >= 15 is 0 Å². The van der Waals surface area contributed by atoms with Crippen molar-refractivity contribution >= 4 is 39.3 Å². The third-order valence-electron chi connectivity index (χ3n) is 12.9. The van der Waals surface area contributed by atoms with Gasteiger partial charge in [-0.2, -0.15) is 12.7 Å². The van der Waals surface area contributed by atoms with Crippen LogP contribution < -0.4 is 14.4 Å². The van der Waals surface area contributed by atoms with Gasteiger partial charge in [0, 0.05) is 70.8 Å². The number of carbonyl (C=O) groups is 2. The van der Waals surface area contributed by atoms with Crippen molar-refractivity contribution in [3.05, 3.63) is 70.3 Å². The van der Waals surface area contributed by atoms with Crippen LogP contribution in [0.25, 0.3) is 0 Å². The lowest BCUT2D eigenvalue weighted by molar-refractivity contribution is -0.148. The zero-order valence-corrected chi connectivity index (χ0v) is 34.4. The average molecular weight is 816 g/mol. The van der Waals surface area contributed by atoms with Crippen molar-refractivity contribution in [2.75, 3.05) is 78.5 Å².